The highest BCUT2D eigenvalue weighted by molar-refractivity contribution is 6.04. The molecule has 0 bridgehead atoms. The molecule has 5 nitrogen and oxygen atoms in total. The number of nitrogens with zero attached hydrogens (tertiary/aromatic N) is 1. The first kappa shape index (κ1) is 16.4. The van der Waals surface area contributed by atoms with Crippen LogP contribution in [-0.2, 0) is 0 Å². The lowest BCUT2D eigenvalue weighted by Gasteiger charge is -2.09. The van der Waals surface area contributed by atoms with Crippen molar-refractivity contribution in [2.24, 2.45) is 0 Å². The van der Waals surface area contributed by atoms with Gasteiger partial charge in [0.25, 0.3) is 5.91 Å². The van der Waals surface area contributed by atoms with Crippen molar-refractivity contribution in [1.82, 2.24) is 4.98 Å². The van der Waals surface area contributed by atoms with Gasteiger partial charge in [-0.15, -0.1) is 0 Å². The average molecular weight is 331 g/mol. The fraction of sp³-hybridized carbons (Fsp3) is 0.0500. The third-order valence-corrected chi connectivity index (χ3v) is 3.62. The van der Waals surface area contributed by atoms with E-state index in [0.29, 0.717) is 16.8 Å². The minimum absolute atomic E-state index is 0.0251. The Bertz CT molecular complexity index is 890. The lowest BCUT2D eigenvalue weighted by molar-refractivity contribution is 0.101. The third kappa shape index (κ3) is 4.29. The van der Waals surface area contributed by atoms with Crippen LogP contribution in [-0.4, -0.2) is 16.7 Å². The van der Waals surface area contributed by atoms with E-state index in [4.69, 9.17) is 0 Å². The van der Waals surface area contributed by atoms with Crippen molar-refractivity contribution in [3.05, 3.63) is 84.2 Å². The predicted octanol–water partition coefficient (Wildman–Crippen LogP) is 4.28. The highest BCUT2D eigenvalue weighted by atomic mass is 16.1. The second-order valence-corrected chi connectivity index (χ2v) is 5.54. The Balaban J connectivity index is 1.67. The van der Waals surface area contributed by atoms with Gasteiger partial charge >= 0.3 is 0 Å². The molecule has 2 aromatic carbocycles. The van der Waals surface area contributed by atoms with Gasteiger partial charge in [-0.25, -0.2) is 0 Å². The highest BCUT2D eigenvalue weighted by Crippen LogP contribution is 2.20. The van der Waals surface area contributed by atoms with Gasteiger partial charge in [0.15, 0.2) is 5.78 Å². The van der Waals surface area contributed by atoms with E-state index >= 15 is 0 Å². The first-order valence-electron chi connectivity index (χ1n) is 7.81. The molecule has 1 amide bonds. The van der Waals surface area contributed by atoms with E-state index in [1.807, 2.05) is 36.4 Å². The molecule has 25 heavy (non-hydrogen) atoms. The normalized spacial score (nSPS) is 10.1. The van der Waals surface area contributed by atoms with Gasteiger partial charge in [-0.05, 0) is 55.5 Å². The molecule has 124 valence electrons. The van der Waals surface area contributed by atoms with Crippen LogP contribution < -0.4 is 10.6 Å². The van der Waals surface area contributed by atoms with Gasteiger partial charge in [-0.2, -0.15) is 0 Å². The van der Waals surface area contributed by atoms with E-state index < -0.39 is 0 Å². The van der Waals surface area contributed by atoms with Crippen molar-refractivity contribution < 1.29 is 9.59 Å². The predicted molar refractivity (Wildman–Crippen MR) is 98.4 cm³/mol. The summed E-state index contributed by atoms with van der Waals surface area (Å²) in [7, 11) is 0. The van der Waals surface area contributed by atoms with Crippen LogP contribution in [0.2, 0.25) is 0 Å². The van der Waals surface area contributed by atoms with Crippen LogP contribution in [0.1, 0.15) is 27.6 Å². The summed E-state index contributed by atoms with van der Waals surface area (Å²) in [6.45, 7) is 1.54. The molecule has 0 aliphatic rings. The van der Waals surface area contributed by atoms with Crippen LogP contribution in [0.3, 0.4) is 0 Å². The van der Waals surface area contributed by atoms with Gasteiger partial charge in [0.05, 0.1) is 5.56 Å². The van der Waals surface area contributed by atoms with E-state index in [0.717, 1.165) is 11.4 Å². The van der Waals surface area contributed by atoms with E-state index in [-0.39, 0.29) is 11.7 Å². The maximum Gasteiger partial charge on any atom is 0.257 e. The molecule has 0 unspecified atom stereocenters. The van der Waals surface area contributed by atoms with Crippen LogP contribution >= 0.6 is 0 Å². The van der Waals surface area contributed by atoms with Crippen LogP contribution in [0.25, 0.3) is 0 Å². The van der Waals surface area contributed by atoms with Crippen LogP contribution in [0.15, 0.2) is 73.1 Å². The number of carbonyl (C=O) groups is 2. The fourth-order valence-electron chi connectivity index (χ4n) is 2.32. The molecule has 1 heterocycles. The minimum Gasteiger partial charge on any atom is -0.356 e. The molecule has 3 rings (SSSR count). The zero-order valence-electron chi connectivity index (χ0n) is 13.7. The molecule has 0 fully saturated rings. The number of rotatable bonds is 5. The van der Waals surface area contributed by atoms with Gasteiger partial charge < -0.3 is 10.6 Å². The van der Waals surface area contributed by atoms with E-state index in [1.54, 1.807) is 37.4 Å². The van der Waals surface area contributed by atoms with E-state index in [1.165, 1.54) is 6.20 Å². The fourth-order valence-corrected chi connectivity index (χ4v) is 2.32. The summed E-state index contributed by atoms with van der Waals surface area (Å²) in [5, 5.41) is 6.06. The summed E-state index contributed by atoms with van der Waals surface area (Å²) < 4.78 is 0. The molecule has 5 heteroatoms. The number of nitrogens with one attached hydrogen (secondary N) is 2. The zero-order chi connectivity index (χ0) is 17.6. The smallest absolute Gasteiger partial charge is 0.257 e. The van der Waals surface area contributed by atoms with E-state index in [2.05, 4.69) is 15.6 Å². The number of hydrogen-bond acceptors (Lipinski definition) is 4. The van der Waals surface area contributed by atoms with Crippen molar-refractivity contribution in [1.29, 1.82) is 0 Å². The van der Waals surface area contributed by atoms with Crippen molar-refractivity contribution in [3.63, 3.8) is 0 Å². The summed E-state index contributed by atoms with van der Waals surface area (Å²) in [6, 6.07) is 18.1. The molecule has 3 aromatic rings. The van der Waals surface area contributed by atoms with Gasteiger partial charge in [-0.3, -0.25) is 14.6 Å². The van der Waals surface area contributed by atoms with Gasteiger partial charge in [0, 0.05) is 35.0 Å². The molecular formula is C20H17N3O2. The Morgan fingerprint density at radius 3 is 2.24 bits per heavy atom. The van der Waals surface area contributed by atoms with Crippen molar-refractivity contribution in [2.45, 2.75) is 6.92 Å². The maximum atomic E-state index is 12.1. The third-order valence-electron chi connectivity index (χ3n) is 3.62. The highest BCUT2D eigenvalue weighted by Gasteiger charge is 2.06. The Hall–Kier alpha value is -3.47. The molecule has 0 aliphatic carbocycles. The number of ketones is 1. The van der Waals surface area contributed by atoms with E-state index in [9.17, 15) is 9.59 Å². The van der Waals surface area contributed by atoms with Gasteiger partial charge in [0.2, 0.25) is 0 Å². The number of Topliss-reactive ketones (excluding diaryl/α,β-unsaturated/α-hetero) is 1. The summed E-state index contributed by atoms with van der Waals surface area (Å²) in [6.07, 6.45) is 3.14. The Kier molecular flexibility index (Phi) is 4.85. The second-order valence-electron chi connectivity index (χ2n) is 5.54. The maximum absolute atomic E-state index is 12.1. The van der Waals surface area contributed by atoms with Crippen molar-refractivity contribution in [2.75, 3.05) is 10.6 Å². The summed E-state index contributed by atoms with van der Waals surface area (Å²) in [4.78, 5) is 27.5. The number of pyridine rings is 1. The Labute approximate surface area is 145 Å². The Morgan fingerprint density at radius 2 is 1.56 bits per heavy atom. The van der Waals surface area contributed by atoms with Crippen molar-refractivity contribution in [3.8, 4) is 0 Å². The van der Waals surface area contributed by atoms with Gasteiger partial charge in [0.1, 0.15) is 0 Å². The second kappa shape index (κ2) is 7.40. The number of carbonyl (C=O) groups excluding carboxylic acids is 2. The SMILES string of the molecule is CC(=O)c1cccc(Nc2ccc(NC(=O)c3cccnc3)cc2)c1. The summed E-state index contributed by atoms with van der Waals surface area (Å²) in [5.41, 5.74) is 3.55. The lowest BCUT2D eigenvalue weighted by atomic mass is 10.1. The van der Waals surface area contributed by atoms with Crippen LogP contribution in [0.4, 0.5) is 17.1 Å². The van der Waals surface area contributed by atoms with Crippen molar-refractivity contribution >= 4 is 28.8 Å². The molecular weight excluding hydrogens is 314 g/mol. The van der Waals surface area contributed by atoms with Gasteiger partial charge in [-0.1, -0.05) is 12.1 Å². The molecule has 0 atom stereocenters. The Morgan fingerprint density at radius 1 is 0.840 bits per heavy atom. The first-order chi connectivity index (χ1) is 12.1. The molecule has 2 N–H and O–H groups in total. The minimum atomic E-state index is -0.206. The summed E-state index contributed by atoms with van der Waals surface area (Å²) >= 11 is 0. The summed E-state index contributed by atoms with van der Waals surface area (Å²) in [5.74, 6) is -0.180. The zero-order valence-corrected chi connectivity index (χ0v) is 13.7. The number of amides is 1. The van der Waals surface area contributed by atoms with Crippen LogP contribution in [0, 0.1) is 0 Å². The number of hydrogen-bond donors (Lipinski definition) is 2. The largest absolute Gasteiger partial charge is 0.356 e. The molecule has 0 saturated carbocycles. The van der Waals surface area contributed by atoms with Crippen LogP contribution in [0.5, 0.6) is 0 Å². The molecule has 0 spiro atoms. The number of benzene rings is 2. The standard InChI is InChI=1S/C20H17N3O2/c1-14(24)15-4-2-6-19(12-15)22-17-7-9-18(10-8-17)23-20(25)16-5-3-11-21-13-16/h2-13,22H,1H3,(H,23,25). The molecule has 1 aromatic heterocycles. The molecule has 0 aliphatic heterocycles. The molecule has 0 saturated heterocycles. The lowest BCUT2D eigenvalue weighted by Crippen LogP contribution is -2.11. The monoisotopic (exact) mass is 331 g/mol. The molecule has 0 radical (unpaired) electrons. The number of aromatic nitrogens is 1. The average Bonchev–Trinajstić information content (AvgIpc) is 2.64. The quantitative estimate of drug-likeness (QED) is 0.685. The first-order valence-corrected chi connectivity index (χ1v) is 7.81. The number of anilines is 3. The topological polar surface area (TPSA) is 71.1 Å².